The molecule has 0 fully saturated rings. The van der Waals surface area contributed by atoms with Gasteiger partial charge in [0.25, 0.3) is 11.6 Å². The summed E-state index contributed by atoms with van der Waals surface area (Å²) in [6, 6.07) is 22.4. The van der Waals surface area contributed by atoms with Crippen LogP contribution in [0.2, 0.25) is 0 Å². The van der Waals surface area contributed by atoms with Crippen molar-refractivity contribution >= 4 is 29.1 Å². The van der Waals surface area contributed by atoms with Crippen molar-refractivity contribution in [3.05, 3.63) is 106 Å². The van der Waals surface area contributed by atoms with Crippen molar-refractivity contribution in [2.24, 2.45) is 4.99 Å². The second-order valence-corrected chi connectivity index (χ2v) is 7.30. The van der Waals surface area contributed by atoms with E-state index in [0.717, 1.165) is 11.1 Å². The van der Waals surface area contributed by atoms with Crippen LogP contribution in [0.5, 0.6) is 0 Å². The van der Waals surface area contributed by atoms with Crippen LogP contribution < -0.4 is 10.2 Å². The second-order valence-electron chi connectivity index (χ2n) is 7.30. The summed E-state index contributed by atoms with van der Waals surface area (Å²) in [4.78, 5) is 41.8. The number of carbonyl (C=O) groups excluding carboxylic acids is 2. The lowest BCUT2D eigenvalue weighted by atomic mass is 10.0. The largest absolute Gasteiger partial charge is 0.445 e. The summed E-state index contributed by atoms with van der Waals surface area (Å²) < 4.78 is 5.21. The molecule has 9 nitrogen and oxygen atoms in total. The Morgan fingerprint density at radius 1 is 1.06 bits per heavy atom. The van der Waals surface area contributed by atoms with Crippen LogP contribution in [0.15, 0.2) is 83.9 Å². The van der Waals surface area contributed by atoms with Crippen molar-refractivity contribution in [2.45, 2.75) is 12.8 Å². The Bertz CT molecular complexity index is 1230. The summed E-state index contributed by atoms with van der Waals surface area (Å²) in [7, 11) is 1.63. The molecule has 9 heteroatoms. The molecule has 3 aromatic rings. The van der Waals surface area contributed by atoms with E-state index < -0.39 is 23.1 Å². The number of anilines is 1. The SMILES string of the molecule is CN1C(=O)C(NC(=O)OCc2ccc([N+](=O)[O-])cc2)N=C(c2ccccc2)c2ccccc21. The number of aliphatic imine (C=N–C) groups is 1. The van der Waals surface area contributed by atoms with Crippen LogP contribution in [0.3, 0.4) is 0 Å². The number of ether oxygens (including phenoxy) is 1. The predicted octanol–water partition coefficient (Wildman–Crippen LogP) is 3.66. The molecule has 0 aromatic heterocycles. The average Bonchev–Trinajstić information content (AvgIpc) is 2.94. The summed E-state index contributed by atoms with van der Waals surface area (Å²) in [6.45, 7) is -0.115. The van der Waals surface area contributed by atoms with E-state index in [2.05, 4.69) is 10.3 Å². The number of benzodiazepines with no additional fused rings is 1. The Morgan fingerprint density at radius 3 is 2.42 bits per heavy atom. The van der Waals surface area contributed by atoms with Crippen LogP contribution in [0.1, 0.15) is 16.7 Å². The first-order valence-electron chi connectivity index (χ1n) is 10.1. The molecule has 1 unspecified atom stereocenters. The number of alkyl carbamates (subject to hydrolysis) is 1. The van der Waals surface area contributed by atoms with Gasteiger partial charge in [-0.15, -0.1) is 0 Å². The number of fused-ring (bicyclic) bond motifs is 1. The molecule has 0 saturated carbocycles. The van der Waals surface area contributed by atoms with E-state index in [4.69, 9.17) is 4.74 Å². The first-order valence-corrected chi connectivity index (χ1v) is 10.1. The number of para-hydroxylation sites is 1. The summed E-state index contributed by atoms with van der Waals surface area (Å²) in [5, 5.41) is 13.3. The molecule has 0 spiro atoms. The van der Waals surface area contributed by atoms with Crippen molar-refractivity contribution in [3.8, 4) is 0 Å². The zero-order valence-corrected chi connectivity index (χ0v) is 17.7. The molecule has 0 saturated heterocycles. The smallest absolute Gasteiger partial charge is 0.409 e. The van der Waals surface area contributed by atoms with E-state index in [1.807, 2.05) is 54.6 Å². The zero-order valence-electron chi connectivity index (χ0n) is 17.7. The van der Waals surface area contributed by atoms with Crippen LogP contribution in [0, 0.1) is 10.1 Å². The molecule has 1 aliphatic heterocycles. The van der Waals surface area contributed by atoms with E-state index in [0.29, 0.717) is 17.0 Å². The van der Waals surface area contributed by atoms with Gasteiger partial charge in [0.15, 0.2) is 0 Å². The summed E-state index contributed by atoms with van der Waals surface area (Å²) in [5.74, 6) is -0.416. The molecule has 33 heavy (non-hydrogen) atoms. The molecule has 3 aromatic carbocycles. The Labute approximate surface area is 189 Å². The first-order chi connectivity index (χ1) is 15.9. The number of hydrogen-bond donors (Lipinski definition) is 1. The monoisotopic (exact) mass is 444 g/mol. The molecule has 0 bridgehead atoms. The molecule has 1 aliphatic rings. The second kappa shape index (κ2) is 9.31. The van der Waals surface area contributed by atoms with Crippen LogP contribution >= 0.6 is 0 Å². The van der Waals surface area contributed by atoms with Gasteiger partial charge in [0.2, 0.25) is 6.17 Å². The van der Waals surface area contributed by atoms with Gasteiger partial charge in [-0.3, -0.25) is 20.2 Å². The number of nitrogens with zero attached hydrogens (tertiary/aromatic N) is 3. The summed E-state index contributed by atoms with van der Waals surface area (Å²) in [5.41, 5.74) is 3.33. The molecule has 1 atom stereocenters. The minimum Gasteiger partial charge on any atom is -0.445 e. The van der Waals surface area contributed by atoms with Gasteiger partial charge >= 0.3 is 6.09 Å². The molecular weight excluding hydrogens is 424 g/mol. The van der Waals surface area contributed by atoms with Gasteiger partial charge in [0.05, 0.1) is 16.3 Å². The molecule has 0 aliphatic carbocycles. The number of nitro benzene ring substituents is 1. The van der Waals surface area contributed by atoms with Gasteiger partial charge in [-0.1, -0.05) is 48.5 Å². The van der Waals surface area contributed by atoms with Crippen molar-refractivity contribution < 1.29 is 19.2 Å². The van der Waals surface area contributed by atoms with E-state index >= 15 is 0 Å². The third-order valence-electron chi connectivity index (χ3n) is 5.16. The minimum absolute atomic E-state index is 0.0577. The van der Waals surface area contributed by atoms with E-state index in [9.17, 15) is 19.7 Å². The number of nitro groups is 1. The van der Waals surface area contributed by atoms with Crippen molar-refractivity contribution in [1.29, 1.82) is 0 Å². The molecule has 1 N–H and O–H groups in total. The van der Waals surface area contributed by atoms with Crippen LogP contribution in [-0.4, -0.2) is 35.8 Å². The highest BCUT2D eigenvalue weighted by Gasteiger charge is 2.31. The van der Waals surface area contributed by atoms with Gasteiger partial charge in [0.1, 0.15) is 6.61 Å². The molecule has 1 heterocycles. The van der Waals surface area contributed by atoms with Crippen LogP contribution in [0.25, 0.3) is 0 Å². The quantitative estimate of drug-likeness (QED) is 0.476. The fourth-order valence-electron chi connectivity index (χ4n) is 3.46. The van der Waals surface area contributed by atoms with Gasteiger partial charge < -0.3 is 9.64 Å². The molecule has 4 rings (SSSR count). The lowest BCUT2D eigenvalue weighted by molar-refractivity contribution is -0.384. The van der Waals surface area contributed by atoms with Crippen molar-refractivity contribution in [2.75, 3.05) is 11.9 Å². The Balaban J connectivity index is 1.55. The normalized spacial score (nSPS) is 15.2. The third kappa shape index (κ3) is 4.72. The Hall–Kier alpha value is -4.53. The third-order valence-corrected chi connectivity index (χ3v) is 5.16. The fraction of sp³-hybridized carbons (Fsp3) is 0.125. The van der Waals surface area contributed by atoms with E-state index in [1.54, 1.807) is 7.05 Å². The number of rotatable bonds is 5. The molecule has 0 radical (unpaired) electrons. The number of benzene rings is 3. The fourth-order valence-corrected chi connectivity index (χ4v) is 3.46. The zero-order chi connectivity index (χ0) is 23.4. The maximum absolute atomic E-state index is 13.1. The minimum atomic E-state index is -1.19. The van der Waals surface area contributed by atoms with Gasteiger partial charge in [-0.2, -0.15) is 0 Å². The van der Waals surface area contributed by atoms with Gasteiger partial charge in [-0.25, -0.2) is 9.79 Å². The Kier molecular flexibility index (Phi) is 6.12. The standard InChI is InChI=1S/C24H20N4O5/c1-27-20-10-6-5-9-19(20)21(17-7-3-2-4-8-17)25-22(23(27)29)26-24(30)33-15-16-11-13-18(14-12-16)28(31)32/h2-14,22H,15H2,1H3,(H,26,30). The highest BCUT2D eigenvalue weighted by molar-refractivity contribution is 6.20. The average molecular weight is 444 g/mol. The first kappa shape index (κ1) is 21.7. The summed E-state index contributed by atoms with van der Waals surface area (Å²) >= 11 is 0. The number of nitrogens with one attached hydrogen (secondary N) is 1. The van der Waals surface area contributed by atoms with Crippen LogP contribution in [0.4, 0.5) is 16.2 Å². The lowest BCUT2D eigenvalue weighted by Gasteiger charge is -2.20. The number of carbonyl (C=O) groups is 2. The summed E-state index contributed by atoms with van der Waals surface area (Å²) in [6.07, 6.45) is -2.02. The van der Waals surface area contributed by atoms with E-state index in [-0.39, 0.29) is 12.3 Å². The van der Waals surface area contributed by atoms with Gasteiger partial charge in [0, 0.05) is 30.3 Å². The van der Waals surface area contributed by atoms with Gasteiger partial charge in [-0.05, 0) is 23.8 Å². The number of non-ortho nitro benzene ring substituents is 1. The lowest BCUT2D eigenvalue weighted by Crippen LogP contribution is -2.46. The van der Waals surface area contributed by atoms with Crippen LogP contribution in [-0.2, 0) is 16.1 Å². The molecule has 166 valence electrons. The van der Waals surface area contributed by atoms with Crippen molar-refractivity contribution in [1.82, 2.24) is 5.32 Å². The van der Waals surface area contributed by atoms with E-state index in [1.165, 1.54) is 29.2 Å². The number of amides is 2. The van der Waals surface area contributed by atoms with Crippen molar-refractivity contribution in [3.63, 3.8) is 0 Å². The highest BCUT2D eigenvalue weighted by Crippen LogP contribution is 2.27. The molecular formula is C24H20N4O5. The maximum Gasteiger partial charge on any atom is 0.409 e. The highest BCUT2D eigenvalue weighted by atomic mass is 16.6. The maximum atomic E-state index is 13.1. The topological polar surface area (TPSA) is 114 Å². The Morgan fingerprint density at radius 2 is 1.73 bits per heavy atom. The number of likely N-dealkylation sites (N-methyl/N-ethyl adjacent to an activating group) is 1. The molecule has 2 amide bonds. The number of hydrogen-bond acceptors (Lipinski definition) is 6. The predicted molar refractivity (Wildman–Crippen MR) is 122 cm³/mol.